The number of rotatable bonds is 5. The summed E-state index contributed by atoms with van der Waals surface area (Å²) >= 11 is 1.20. The van der Waals surface area contributed by atoms with Crippen molar-refractivity contribution >= 4 is 38.5 Å². The van der Waals surface area contributed by atoms with E-state index in [1.165, 1.54) is 35.7 Å². The van der Waals surface area contributed by atoms with Gasteiger partial charge in [0.1, 0.15) is 5.82 Å². The highest BCUT2D eigenvalue weighted by Crippen LogP contribution is 2.27. The van der Waals surface area contributed by atoms with Gasteiger partial charge in [-0.15, -0.1) is 0 Å². The molecular weight excluding hydrogens is 428 g/mol. The Labute approximate surface area is 180 Å². The number of hydrogen-bond acceptors (Lipinski definition) is 7. The number of aromatic nitrogens is 2. The van der Waals surface area contributed by atoms with E-state index in [2.05, 4.69) is 15.3 Å². The molecule has 1 aliphatic rings. The Balaban J connectivity index is 1.35. The number of thiazole rings is 1. The van der Waals surface area contributed by atoms with Crippen LogP contribution >= 0.6 is 11.3 Å². The molecule has 1 atom stereocenters. The number of fused-ring (bicyclic) bond motifs is 1. The summed E-state index contributed by atoms with van der Waals surface area (Å²) in [5.74, 6) is -0.679. The summed E-state index contributed by atoms with van der Waals surface area (Å²) < 4.78 is 28.5. The summed E-state index contributed by atoms with van der Waals surface area (Å²) in [6.45, 7) is 1.15. The number of urea groups is 1. The highest BCUT2D eigenvalue weighted by molar-refractivity contribution is 7.22. The molecule has 4 rings (SSSR count). The van der Waals surface area contributed by atoms with Crippen LogP contribution in [0.15, 0.2) is 30.5 Å². The quantitative estimate of drug-likeness (QED) is 0.552. The lowest BCUT2D eigenvalue weighted by atomic mass is 10.1. The second kappa shape index (κ2) is 9.08. The first-order valence-corrected chi connectivity index (χ1v) is 10.5. The van der Waals surface area contributed by atoms with Crippen LogP contribution in [0.1, 0.15) is 5.56 Å². The molecule has 2 amide bonds. The van der Waals surface area contributed by atoms with Crippen molar-refractivity contribution in [3.8, 4) is 0 Å². The van der Waals surface area contributed by atoms with Crippen molar-refractivity contribution in [2.45, 2.75) is 12.5 Å². The minimum atomic E-state index is -0.955. The van der Waals surface area contributed by atoms with Crippen LogP contribution in [0.2, 0.25) is 0 Å². The Kier molecular flexibility index (Phi) is 6.25. The Bertz CT molecular complexity index is 1090. The first-order valence-electron chi connectivity index (χ1n) is 9.73. The van der Waals surface area contributed by atoms with Crippen molar-refractivity contribution in [1.29, 1.82) is 0 Å². The molecule has 164 valence electrons. The fraction of sp³-hybridized carbons (Fsp3) is 0.350. The molecule has 0 radical (unpaired) electrons. The van der Waals surface area contributed by atoms with Crippen LogP contribution in [0.3, 0.4) is 0 Å². The predicted octanol–water partition coefficient (Wildman–Crippen LogP) is 2.22. The van der Waals surface area contributed by atoms with Gasteiger partial charge in [-0.05, 0) is 29.8 Å². The van der Waals surface area contributed by atoms with Gasteiger partial charge in [-0.2, -0.15) is 0 Å². The van der Waals surface area contributed by atoms with Gasteiger partial charge in [0.2, 0.25) is 0 Å². The maximum atomic E-state index is 14.5. The number of benzene rings is 1. The Hall–Kier alpha value is -2.89. The van der Waals surface area contributed by atoms with E-state index in [9.17, 15) is 18.7 Å². The van der Waals surface area contributed by atoms with Gasteiger partial charge in [0.15, 0.2) is 16.8 Å². The van der Waals surface area contributed by atoms with Gasteiger partial charge in [-0.3, -0.25) is 5.32 Å². The fourth-order valence-electron chi connectivity index (χ4n) is 3.40. The van der Waals surface area contributed by atoms with Gasteiger partial charge in [-0.1, -0.05) is 11.3 Å². The SMILES string of the molecule is O=C(Nc1nc2ccc(F)cc2s1)N1CCN(c2ncc(CC(O)CO)cc2F)CC1. The number of nitrogens with zero attached hydrogens (tertiary/aromatic N) is 4. The second-order valence-corrected chi connectivity index (χ2v) is 8.26. The van der Waals surface area contributed by atoms with Crippen molar-refractivity contribution in [2.75, 3.05) is 43.0 Å². The number of halogens is 2. The smallest absolute Gasteiger partial charge is 0.323 e. The molecule has 1 unspecified atom stereocenters. The summed E-state index contributed by atoms with van der Waals surface area (Å²) in [7, 11) is 0. The lowest BCUT2D eigenvalue weighted by Crippen LogP contribution is -2.50. The Morgan fingerprint density at radius 1 is 1.23 bits per heavy atom. The zero-order valence-corrected chi connectivity index (χ0v) is 17.3. The Morgan fingerprint density at radius 3 is 2.71 bits per heavy atom. The highest BCUT2D eigenvalue weighted by Gasteiger charge is 2.24. The molecule has 1 aromatic carbocycles. The number of carbonyl (C=O) groups excluding carboxylic acids is 1. The molecule has 31 heavy (non-hydrogen) atoms. The molecular formula is C20H21F2N5O3S. The van der Waals surface area contributed by atoms with Crippen molar-refractivity contribution in [3.63, 3.8) is 0 Å². The summed E-state index contributed by atoms with van der Waals surface area (Å²) in [4.78, 5) is 24.4. The fourth-order valence-corrected chi connectivity index (χ4v) is 4.28. The third kappa shape index (κ3) is 4.89. The molecule has 0 saturated carbocycles. The zero-order valence-electron chi connectivity index (χ0n) is 16.5. The maximum Gasteiger partial charge on any atom is 0.323 e. The van der Waals surface area contributed by atoms with E-state index in [1.54, 1.807) is 15.9 Å². The highest BCUT2D eigenvalue weighted by atomic mass is 32.1. The van der Waals surface area contributed by atoms with Crippen molar-refractivity contribution in [3.05, 3.63) is 47.7 Å². The summed E-state index contributed by atoms with van der Waals surface area (Å²) in [5, 5.41) is 21.5. The first-order chi connectivity index (χ1) is 14.9. The van der Waals surface area contributed by atoms with Gasteiger partial charge in [-0.25, -0.2) is 23.5 Å². The molecule has 8 nitrogen and oxygen atoms in total. The monoisotopic (exact) mass is 449 g/mol. The molecule has 0 bridgehead atoms. The molecule has 0 spiro atoms. The molecule has 0 aliphatic carbocycles. The Morgan fingerprint density at radius 2 is 2.00 bits per heavy atom. The molecule has 3 aromatic rings. The number of aliphatic hydroxyl groups is 2. The van der Waals surface area contributed by atoms with Crippen LogP contribution in [0.25, 0.3) is 10.2 Å². The molecule has 11 heteroatoms. The average molecular weight is 449 g/mol. The molecule has 1 aliphatic heterocycles. The number of carbonyl (C=O) groups is 1. The lowest BCUT2D eigenvalue weighted by molar-refractivity contribution is 0.0954. The van der Waals surface area contributed by atoms with Crippen molar-refractivity contribution < 1.29 is 23.8 Å². The minimum Gasteiger partial charge on any atom is -0.394 e. The third-order valence-electron chi connectivity index (χ3n) is 4.99. The first kappa shape index (κ1) is 21.3. The van der Waals surface area contributed by atoms with E-state index in [4.69, 9.17) is 5.11 Å². The van der Waals surface area contributed by atoms with Crippen molar-refractivity contribution in [1.82, 2.24) is 14.9 Å². The van der Waals surface area contributed by atoms with Crippen LogP contribution in [0.5, 0.6) is 0 Å². The van der Waals surface area contributed by atoms with Gasteiger partial charge < -0.3 is 20.0 Å². The van der Waals surface area contributed by atoms with Gasteiger partial charge in [0.25, 0.3) is 0 Å². The number of aliphatic hydroxyl groups excluding tert-OH is 2. The number of piperazine rings is 1. The van der Waals surface area contributed by atoms with Gasteiger partial charge in [0, 0.05) is 38.8 Å². The van der Waals surface area contributed by atoms with E-state index in [0.717, 1.165) is 0 Å². The van der Waals surface area contributed by atoms with Crippen LogP contribution in [0, 0.1) is 11.6 Å². The predicted molar refractivity (Wildman–Crippen MR) is 113 cm³/mol. The molecule has 1 fully saturated rings. The average Bonchev–Trinajstić information content (AvgIpc) is 3.15. The van der Waals surface area contributed by atoms with Crippen LogP contribution < -0.4 is 10.2 Å². The number of pyridine rings is 1. The third-order valence-corrected chi connectivity index (χ3v) is 5.92. The summed E-state index contributed by atoms with van der Waals surface area (Å²) in [6, 6.07) is 5.24. The second-order valence-electron chi connectivity index (χ2n) is 7.22. The van der Waals surface area contributed by atoms with E-state index in [0.29, 0.717) is 47.1 Å². The molecule has 1 saturated heterocycles. The number of amides is 2. The number of anilines is 2. The van der Waals surface area contributed by atoms with E-state index < -0.39 is 18.5 Å². The van der Waals surface area contributed by atoms with E-state index in [1.807, 2.05) is 0 Å². The largest absolute Gasteiger partial charge is 0.394 e. The molecule has 3 N–H and O–H groups in total. The summed E-state index contributed by atoms with van der Waals surface area (Å²) in [5.41, 5.74) is 1.11. The maximum absolute atomic E-state index is 14.5. The topological polar surface area (TPSA) is 102 Å². The standard InChI is InChI=1S/C20H21F2N5O3S/c21-13-1-2-16-17(9-13)31-19(24-16)25-20(30)27-5-3-26(4-6-27)18-15(22)8-12(10-23-18)7-14(29)11-28/h1-2,8-10,14,28-29H,3-7,11H2,(H,24,25,30). The van der Waals surface area contributed by atoms with Gasteiger partial charge in [0.05, 0.1) is 22.9 Å². The molecule has 3 heterocycles. The van der Waals surface area contributed by atoms with E-state index in [-0.39, 0.29) is 24.1 Å². The van der Waals surface area contributed by atoms with Crippen LogP contribution in [-0.4, -0.2) is 70.0 Å². The normalized spacial score (nSPS) is 15.4. The molecule has 2 aromatic heterocycles. The van der Waals surface area contributed by atoms with E-state index >= 15 is 0 Å². The van der Waals surface area contributed by atoms with Crippen molar-refractivity contribution in [2.24, 2.45) is 0 Å². The number of hydrogen-bond donors (Lipinski definition) is 3. The van der Waals surface area contributed by atoms with Crippen LogP contribution in [-0.2, 0) is 6.42 Å². The number of nitrogens with one attached hydrogen (secondary N) is 1. The lowest BCUT2D eigenvalue weighted by Gasteiger charge is -2.35. The zero-order chi connectivity index (χ0) is 22.0. The van der Waals surface area contributed by atoms with Gasteiger partial charge >= 0.3 is 6.03 Å². The minimum absolute atomic E-state index is 0.118. The summed E-state index contributed by atoms with van der Waals surface area (Å²) in [6.07, 6.45) is 0.642. The van der Waals surface area contributed by atoms with Crippen LogP contribution in [0.4, 0.5) is 24.5 Å².